The molecule has 0 unspecified atom stereocenters. The standard InChI is InChI=1S/C24H32O3/c25-18-10-6-4-2-1-3-5-7-11-19-27-23-16-14-21(15-17-23)24-13-9-8-12-22(24)20-26/h8-9,12-17,20,25H,1-7,10-11,18-19H2. The Morgan fingerprint density at radius 3 is 1.96 bits per heavy atom. The first-order chi connectivity index (χ1) is 13.3. The van der Waals surface area contributed by atoms with Crippen molar-refractivity contribution in [2.24, 2.45) is 0 Å². The van der Waals surface area contributed by atoms with Crippen molar-refractivity contribution in [3.63, 3.8) is 0 Å². The molecular formula is C24H32O3. The molecule has 0 bridgehead atoms. The van der Waals surface area contributed by atoms with Crippen LogP contribution in [-0.4, -0.2) is 24.6 Å². The van der Waals surface area contributed by atoms with E-state index in [4.69, 9.17) is 9.84 Å². The van der Waals surface area contributed by atoms with Gasteiger partial charge in [0.15, 0.2) is 6.29 Å². The molecule has 146 valence electrons. The van der Waals surface area contributed by atoms with Gasteiger partial charge in [0, 0.05) is 12.2 Å². The van der Waals surface area contributed by atoms with Crippen molar-refractivity contribution in [3.05, 3.63) is 54.1 Å². The molecule has 1 N–H and O–H groups in total. The zero-order valence-corrected chi connectivity index (χ0v) is 16.2. The third-order valence-electron chi connectivity index (χ3n) is 4.82. The van der Waals surface area contributed by atoms with E-state index in [-0.39, 0.29) is 0 Å². The zero-order valence-electron chi connectivity index (χ0n) is 16.2. The van der Waals surface area contributed by atoms with Crippen molar-refractivity contribution in [1.82, 2.24) is 0 Å². The summed E-state index contributed by atoms with van der Waals surface area (Å²) in [5.41, 5.74) is 2.69. The number of ether oxygens (including phenoxy) is 1. The third kappa shape index (κ3) is 7.96. The molecule has 0 saturated heterocycles. The molecule has 0 aromatic heterocycles. The van der Waals surface area contributed by atoms with Crippen LogP contribution < -0.4 is 4.74 Å². The van der Waals surface area contributed by atoms with Crippen molar-refractivity contribution < 1.29 is 14.6 Å². The highest BCUT2D eigenvalue weighted by molar-refractivity contribution is 5.87. The smallest absolute Gasteiger partial charge is 0.150 e. The lowest BCUT2D eigenvalue weighted by molar-refractivity contribution is 0.112. The van der Waals surface area contributed by atoms with E-state index >= 15 is 0 Å². The highest BCUT2D eigenvalue weighted by Crippen LogP contribution is 2.25. The average Bonchev–Trinajstić information content (AvgIpc) is 2.72. The molecular weight excluding hydrogens is 336 g/mol. The maximum Gasteiger partial charge on any atom is 0.150 e. The summed E-state index contributed by atoms with van der Waals surface area (Å²) < 4.78 is 5.83. The van der Waals surface area contributed by atoms with Gasteiger partial charge in [0.05, 0.1) is 6.61 Å². The molecule has 27 heavy (non-hydrogen) atoms. The molecule has 0 saturated carbocycles. The third-order valence-corrected chi connectivity index (χ3v) is 4.82. The first-order valence-electron chi connectivity index (χ1n) is 10.2. The number of benzene rings is 2. The summed E-state index contributed by atoms with van der Waals surface area (Å²) in [5.74, 6) is 0.881. The van der Waals surface area contributed by atoms with Crippen LogP contribution in [0, 0.1) is 0 Å². The Kier molecular flexibility index (Phi) is 10.3. The summed E-state index contributed by atoms with van der Waals surface area (Å²) in [7, 11) is 0. The lowest BCUT2D eigenvalue weighted by Crippen LogP contribution is -1.97. The van der Waals surface area contributed by atoms with Crippen LogP contribution >= 0.6 is 0 Å². The topological polar surface area (TPSA) is 46.5 Å². The maximum atomic E-state index is 11.2. The fraction of sp³-hybridized carbons (Fsp3) is 0.458. The van der Waals surface area contributed by atoms with Crippen molar-refractivity contribution in [2.75, 3.05) is 13.2 Å². The van der Waals surface area contributed by atoms with Crippen LogP contribution in [0.5, 0.6) is 5.75 Å². The monoisotopic (exact) mass is 368 g/mol. The number of carbonyl (C=O) groups excluding carboxylic acids is 1. The fourth-order valence-corrected chi connectivity index (χ4v) is 3.23. The average molecular weight is 369 g/mol. The zero-order chi connectivity index (χ0) is 19.2. The van der Waals surface area contributed by atoms with E-state index in [0.717, 1.165) is 49.0 Å². The normalized spacial score (nSPS) is 10.7. The molecule has 0 fully saturated rings. The first-order valence-corrected chi connectivity index (χ1v) is 10.2. The molecule has 0 aliphatic heterocycles. The van der Waals surface area contributed by atoms with Gasteiger partial charge in [-0.05, 0) is 36.1 Å². The van der Waals surface area contributed by atoms with Gasteiger partial charge < -0.3 is 9.84 Å². The van der Waals surface area contributed by atoms with Gasteiger partial charge in [0.25, 0.3) is 0 Å². The number of hydrogen-bond donors (Lipinski definition) is 1. The molecule has 2 aromatic rings. The van der Waals surface area contributed by atoms with E-state index in [1.807, 2.05) is 48.5 Å². The Morgan fingerprint density at radius 2 is 1.33 bits per heavy atom. The van der Waals surface area contributed by atoms with E-state index in [9.17, 15) is 4.79 Å². The predicted octanol–water partition coefficient (Wildman–Crippen LogP) is 6.05. The SMILES string of the molecule is O=Cc1ccccc1-c1ccc(OCCCCCCCCCCCO)cc1. The Balaban J connectivity index is 1.60. The fourth-order valence-electron chi connectivity index (χ4n) is 3.23. The van der Waals surface area contributed by atoms with Crippen LogP contribution in [-0.2, 0) is 0 Å². The summed E-state index contributed by atoms with van der Waals surface area (Å²) in [4.78, 5) is 11.2. The van der Waals surface area contributed by atoms with Gasteiger partial charge in [-0.3, -0.25) is 4.79 Å². The molecule has 0 aliphatic rings. The minimum atomic E-state index is 0.328. The molecule has 2 rings (SSSR count). The lowest BCUT2D eigenvalue weighted by Gasteiger charge is -2.08. The van der Waals surface area contributed by atoms with Crippen LogP contribution in [0.2, 0.25) is 0 Å². The van der Waals surface area contributed by atoms with E-state index < -0.39 is 0 Å². The van der Waals surface area contributed by atoms with Gasteiger partial charge >= 0.3 is 0 Å². The second-order valence-corrected chi connectivity index (χ2v) is 6.98. The van der Waals surface area contributed by atoms with Gasteiger partial charge in [-0.25, -0.2) is 0 Å². The predicted molar refractivity (Wildman–Crippen MR) is 111 cm³/mol. The van der Waals surface area contributed by atoms with E-state index in [1.165, 1.54) is 38.5 Å². The second-order valence-electron chi connectivity index (χ2n) is 6.98. The minimum absolute atomic E-state index is 0.328. The summed E-state index contributed by atoms with van der Waals surface area (Å²) in [6.45, 7) is 1.08. The van der Waals surface area contributed by atoms with Crippen molar-refractivity contribution in [1.29, 1.82) is 0 Å². The number of rotatable bonds is 14. The Hall–Kier alpha value is -2.13. The molecule has 0 atom stereocenters. The molecule has 0 aliphatic carbocycles. The van der Waals surface area contributed by atoms with E-state index in [2.05, 4.69) is 0 Å². The van der Waals surface area contributed by atoms with Gasteiger partial charge in [-0.2, -0.15) is 0 Å². The first kappa shape index (κ1) is 21.2. The second kappa shape index (κ2) is 13.1. The Morgan fingerprint density at radius 1 is 0.741 bits per heavy atom. The van der Waals surface area contributed by atoms with E-state index in [1.54, 1.807) is 0 Å². The number of aldehydes is 1. The molecule has 0 amide bonds. The quantitative estimate of drug-likeness (QED) is 0.326. The van der Waals surface area contributed by atoms with Gasteiger partial charge in [0.1, 0.15) is 5.75 Å². The minimum Gasteiger partial charge on any atom is -0.494 e. The molecule has 0 spiro atoms. The molecule has 0 heterocycles. The summed E-state index contributed by atoms with van der Waals surface area (Å²) in [6, 6.07) is 15.6. The van der Waals surface area contributed by atoms with Crippen molar-refractivity contribution in [3.8, 4) is 16.9 Å². The largest absolute Gasteiger partial charge is 0.494 e. The molecule has 3 nitrogen and oxygen atoms in total. The molecule has 0 radical (unpaired) electrons. The van der Waals surface area contributed by atoms with Gasteiger partial charge in [0.2, 0.25) is 0 Å². The van der Waals surface area contributed by atoms with Crippen molar-refractivity contribution >= 4 is 6.29 Å². The Labute approximate surface area is 163 Å². The van der Waals surface area contributed by atoms with Crippen molar-refractivity contribution in [2.45, 2.75) is 57.8 Å². The van der Waals surface area contributed by atoms with Crippen LogP contribution in [0.15, 0.2) is 48.5 Å². The van der Waals surface area contributed by atoms with Crippen LogP contribution in [0.1, 0.15) is 68.1 Å². The summed E-state index contributed by atoms with van der Waals surface area (Å²) in [5, 5.41) is 8.73. The number of aliphatic hydroxyl groups excluding tert-OH is 1. The van der Waals surface area contributed by atoms with Gasteiger partial charge in [-0.15, -0.1) is 0 Å². The number of hydrogen-bond acceptors (Lipinski definition) is 3. The highest BCUT2D eigenvalue weighted by atomic mass is 16.5. The highest BCUT2D eigenvalue weighted by Gasteiger charge is 2.04. The van der Waals surface area contributed by atoms with Crippen LogP contribution in [0.3, 0.4) is 0 Å². The van der Waals surface area contributed by atoms with Crippen LogP contribution in [0.25, 0.3) is 11.1 Å². The van der Waals surface area contributed by atoms with Crippen LogP contribution in [0.4, 0.5) is 0 Å². The van der Waals surface area contributed by atoms with Gasteiger partial charge in [-0.1, -0.05) is 81.3 Å². The maximum absolute atomic E-state index is 11.2. The Bertz CT molecular complexity index is 649. The molecule has 2 aromatic carbocycles. The number of unbranched alkanes of at least 4 members (excludes halogenated alkanes) is 8. The molecule has 3 heteroatoms. The lowest BCUT2D eigenvalue weighted by atomic mass is 10.0. The summed E-state index contributed by atoms with van der Waals surface area (Å²) >= 11 is 0. The summed E-state index contributed by atoms with van der Waals surface area (Å²) in [6.07, 6.45) is 11.7. The number of carbonyl (C=O) groups is 1. The number of aliphatic hydroxyl groups is 1. The van der Waals surface area contributed by atoms with E-state index in [0.29, 0.717) is 12.2 Å².